The first-order valence-electron chi connectivity index (χ1n) is 39.8. The molecule has 0 heterocycles. The SMILES string of the molecule is CCCCCCCCCCCCCCCCCCCC(=O)OC[C@H](COP(=O)(O)OC[C@@H](O)COP(=O)(O)OC[C@@H](COC(=O)CCCCCCCCC(C)C)OC(=O)CCCCCCCCCCCC(C)C)OC(=O)CCCCCCCCCCCCCCCCCC(C)C. The predicted octanol–water partition coefficient (Wildman–Crippen LogP) is 22.6. The summed E-state index contributed by atoms with van der Waals surface area (Å²) in [7, 11) is -9.91. The summed E-state index contributed by atoms with van der Waals surface area (Å²) in [5, 5.41) is 10.6. The number of aliphatic hydroxyl groups excluding tert-OH is 1. The number of hydrogen-bond donors (Lipinski definition) is 3. The van der Waals surface area contributed by atoms with Crippen molar-refractivity contribution in [1.82, 2.24) is 0 Å². The van der Waals surface area contributed by atoms with Crippen molar-refractivity contribution in [3.8, 4) is 0 Å². The Balaban J connectivity index is 5.23. The van der Waals surface area contributed by atoms with Crippen LogP contribution in [0.2, 0.25) is 0 Å². The lowest BCUT2D eigenvalue weighted by Crippen LogP contribution is -2.30. The molecule has 0 amide bonds. The Morgan fingerprint density at radius 2 is 0.479 bits per heavy atom. The molecule has 0 aromatic heterocycles. The van der Waals surface area contributed by atoms with Gasteiger partial charge in [0.05, 0.1) is 26.4 Å². The number of carbonyl (C=O) groups is 4. The van der Waals surface area contributed by atoms with Crippen LogP contribution in [-0.4, -0.2) is 96.7 Å². The van der Waals surface area contributed by atoms with E-state index in [1.54, 1.807) is 0 Å². The number of carbonyl (C=O) groups excluding carboxylic acids is 4. The van der Waals surface area contributed by atoms with E-state index in [-0.39, 0.29) is 25.7 Å². The van der Waals surface area contributed by atoms with Gasteiger partial charge in [-0.25, -0.2) is 9.13 Å². The minimum atomic E-state index is -4.96. The average molecular weight is 1410 g/mol. The van der Waals surface area contributed by atoms with Crippen molar-refractivity contribution in [2.24, 2.45) is 17.8 Å². The van der Waals surface area contributed by atoms with E-state index < -0.39 is 97.5 Å². The van der Waals surface area contributed by atoms with Crippen LogP contribution >= 0.6 is 15.6 Å². The molecule has 17 nitrogen and oxygen atoms in total. The topological polar surface area (TPSA) is 237 Å². The second kappa shape index (κ2) is 67.5. The molecule has 19 heteroatoms. The molecule has 0 aliphatic rings. The van der Waals surface area contributed by atoms with Crippen LogP contribution in [-0.2, 0) is 65.4 Å². The van der Waals surface area contributed by atoms with Crippen LogP contribution in [0, 0.1) is 17.8 Å². The van der Waals surface area contributed by atoms with Crippen molar-refractivity contribution < 1.29 is 80.2 Å². The maximum absolute atomic E-state index is 13.1. The first-order valence-corrected chi connectivity index (χ1v) is 42.8. The van der Waals surface area contributed by atoms with Gasteiger partial charge in [-0.05, 0) is 43.4 Å². The van der Waals surface area contributed by atoms with Crippen LogP contribution in [0.1, 0.15) is 395 Å². The molecule has 0 radical (unpaired) electrons. The van der Waals surface area contributed by atoms with Crippen molar-refractivity contribution in [3.63, 3.8) is 0 Å². The van der Waals surface area contributed by atoms with Crippen LogP contribution in [0.25, 0.3) is 0 Å². The lowest BCUT2D eigenvalue weighted by molar-refractivity contribution is -0.161. The fourth-order valence-electron chi connectivity index (χ4n) is 11.8. The molecule has 0 fully saturated rings. The third-order valence-electron chi connectivity index (χ3n) is 17.9. The van der Waals surface area contributed by atoms with E-state index in [1.165, 1.54) is 199 Å². The molecule has 0 aromatic carbocycles. The molecule has 0 saturated heterocycles. The van der Waals surface area contributed by atoms with Gasteiger partial charge >= 0.3 is 39.5 Å². The highest BCUT2D eigenvalue weighted by atomic mass is 31.2. The first kappa shape index (κ1) is 94.1. The Labute approximate surface area is 588 Å². The van der Waals surface area contributed by atoms with Crippen LogP contribution in [0.4, 0.5) is 0 Å². The number of ether oxygens (including phenoxy) is 4. The highest BCUT2D eigenvalue weighted by molar-refractivity contribution is 7.47. The molecule has 96 heavy (non-hydrogen) atoms. The van der Waals surface area contributed by atoms with E-state index in [1.807, 2.05) is 0 Å². The Morgan fingerprint density at radius 1 is 0.281 bits per heavy atom. The summed E-state index contributed by atoms with van der Waals surface area (Å²) < 4.78 is 68.5. The molecular formula is C77H150O17P2. The third kappa shape index (κ3) is 70.5. The average Bonchev–Trinajstić information content (AvgIpc) is 1.09. The van der Waals surface area contributed by atoms with Crippen molar-refractivity contribution in [1.29, 1.82) is 0 Å². The second-order valence-electron chi connectivity index (χ2n) is 29.2. The molecule has 2 unspecified atom stereocenters. The van der Waals surface area contributed by atoms with Gasteiger partial charge in [-0.1, -0.05) is 344 Å². The summed E-state index contributed by atoms with van der Waals surface area (Å²) in [6.45, 7) is 11.8. The summed E-state index contributed by atoms with van der Waals surface area (Å²) in [5.74, 6) is 0.0995. The summed E-state index contributed by atoms with van der Waals surface area (Å²) in [6, 6.07) is 0. The van der Waals surface area contributed by atoms with Gasteiger partial charge in [-0.15, -0.1) is 0 Å². The van der Waals surface area contributed by atoms with Gasteiger partial charge in [0.15, 0.2) is 12.2 Å². The molecule has 5 atom stereocenters. The van der Waals surface area contributed by atoms with Gasteiger partial charge < -0.3 is 33.8 Å². The Morgan fingerprint density at radius 3 is 0.708 bits per heavy atom. The van der Waals surface area contributed by atoms with Gasteiger partial charge in [0.2, 0.25) is 0 Å². The molecule has 0 aliphatic heterocycles. The lowest BCUT2D eigenvalue weighted by atomic mass is 10.0. The van der Waals surface area contributed by atoms with Gasteiger partial charge in [0, 0.05) is 25.7 Å². The maximum Gasteiger partial charge on any atom is 0.472 e. The maximum atomic E-state index is 13.1. The Kier molecular flexibility index (Phi) is 66.2. The van der Waals surface area contributed by atoms with Crippen molar-refractivity contribution in [2.75, 3.05) is 39.6 Å². The monoisotopic (exact) mass is 1410 g/mol. The molecule has 0 aliphatic carbocycles. The predicted molar refractivity (Wildman–Crippen MR) is 391 cm³/mol. The zero-order valence-corrected chi connectivity index (χ0v) is 64.6. The van der Waals surface area contributed by atoms with E-state index in [9.17, 15) is 43.2 Å². The number of phosphoric ester groups is 2. The van der Waals surface area contributed by atoms with E-state index in [0.717, 1.165) is 108 Å². The normalized spacial score (nSPS) is 14.1. The molecule has 0 bridgehead atoms. The second-order valence-corrected chi connectivity index (χ2v) is 32.1. The number of unbranched alkanes of at least 4 members (excludes halogenated alkanes) is 43. The van der Waals surface area contributed by atoms with Gasteiger partial charge in [-0.2, -0.15) is 0 Å². The highest BCUT2D eigenvalue weighted by Gasteiger charge is 2.30. The van der Waals surface area contributed by atoms with Crippen LogP contribution in [0.3, 0.4) is 0 Å². The smallest absolute Gasteiger partial charge is 0.462 e. The minimum Gasteiger partial charge on any atom is -0.462 e. The van der Waals surface area contributed by atoms with E-state index in [4.69, 9.17) is 37.0 Å². The molecule has 0 spiro atoms. The number of rotatable bonds is 75. The third-order valence-corrected chi connectivity index (χ3v) is 19.8. The largest absolute Gasteiger partial charge is 0.472 e. The molecule has 0 saturated carbocycles. The summed E-state index contributed by atoms with van der Waals surface area (Å²) in [6.07, 6.45) is 54.3. The molecule has 0 aromatic rings. The number of esters is 4. The minimum absolute atomic E-state index is 0.104. The lowest BCUT2D eigenvalue weighted by Gasteiger charge is -2.21. The summed E-state index contributed by atoms with van der Waals surface area (Å²) in [5.41, 5.74) is 0. The number of hydrogen-bond acceptors (Lipinski definition) is 15. The molecule has 0 rings (SSSR count). The highest BCUT2D eigenvalue weighted by Crippen LogP contribution is 2.45. The van der Waals surface area contributed by atoms with E-state index in [0.29, 0.717) is 31.6 Å². The molecular weight excluding hydrogens is 1260 g/mol. The van der Waals surface area contributed by atoms with Gasteiger partial charge in [0.1, 0.15) is 19.3 Å². The Bertz CT molecular complexity index is 1870. The van der Waals surface area contributed by atoms with E-state index in [2.05, 4.69) is 48.5 Å². The Hall–Kier alpha value is -1.94. The van der Waals surface area contributed by atoms with Crippen LogP contribution < -0.4 is 0 Å². The number of aliphatic hydroxyl groups is 1. The number of phosphoric acid groups is 2. The van der Waals surface area contributed by atoms with Crippen molar-refractivity contribution in [3.05, 3.63) is 0 Å². The van der Waals surface area contributed by atoms with Gasteiger partial charge in [0.25, 0.3) is 0 Å². The standard InChI is InChI=1S/C77H150O17P2/c1-8-9-10-11-12-13-14-15-16-17-20-23-26-31-36-44-51-58-74(79)87-64-72(93-76(81)60-53-46-37-32-27-24-21-18-19-22-25-29-34-41-48-55-68(2)3)66-91-95(83,84)89-62-71(78)63-90-96(85,86)92-67-73(65-88-75(80)59-52-45-40-39-43-50-57-70(6)7)94-77(82)61-54-47-38-33-28-30-35-42-49-56-69(4)5/h68-73,78H,8-67H2,1-7H3,(H,83,84)(H,85,86)/t71-,72-,73-/m1/s1. The quantitative estimate of drug-likeness (QED) is 0.0222. The summed E-state index contributed by atoms with van der Waals surface area (Å²) >= 11 is 0. The summed E-state index contributed by atoms with van der Waals surface area (Å²) in [4.78, 5) is 72.8. The fraction of sp³-hybridized carbons (Fsp3) is 0.948. The molecule has 570 valence electrons. The first-order chi connectivity index (χ1) is 46.2. The van der Waals surface area contributed by atoms with E-state index >= 15 is 0 Å². The van der Waals surface area contributed by atoms with Crippen LogP contribution in [0.5, 0.6) is 0 Å². The zero-order valence-electron chi connectivity index (χ0n) is 62.8. The van der Waals surface area contributed by atoms with Crippen molar-refractivity contribution in [2.45, 2.75) is 414 Å². The molecule has 3 N–H and O–H groups in total. The zero-order chi connectivity index (χ0) is 70.9. The van der Waals surface area contributed by atoms with Crippen molar-refractivity contribution >= 4 is 39.5 Å². The van der Waals surface area contributed by atoms with Gasteiger partial charge in [-0.3, -0.25) is 37.3 Å². The van der Waals surface area contributed by atoms with Crippen LogP contribution in [0.15, 0.2) is 0 Å². The fourth-order valence-corrected chi connectivity index (χ4v) is 13.4.